The van der Waals surface area contributed by atoms with E-state index in [-0.39, 0.29) is 5.69 Å². The maximum absolute atomic E-state index is 11.0. The van der Waals surface area contributed by atoms with Gasteiger partial charge in [-0.3, -0.25) is 0 Å². The van der Waals surface area contributed by atoms with E-state index in [1.165, 1.54) is 11.8 Å². The fourth-order valence-electron chi connectivity index (χ4n) is 1.72. The van der Waals surface area contributed by atoms with Crippen LogP contribution in [0.4, 0.5) is 0 Å². The van der Waals surface area contributed by atoms with E-state index < -0.39 is 5.97 Å². The van der Waals surface area contributed by atoms with E-state index in [4.69, 9.17) is 14.6 Å². The van der Waals surface area contributed by atoms with E-state index in [9.17, 15) is 4.79 Å². The normalized spacial score (nSPS) is 9.57. The molecule has 1 aromatic carbocycles. The molecule has 0 saturated carbocycles. The maximum atomic E-state index is 11.0. The zero-order chi connectivity index (χ0) is 16.0. The smallest absolute Gasteiger partial charge is 0.358 e. The first kappa shape index (κ1) is 16.5. The minimum Gasteiger partial charge on any atom is -0.497 e. The number of nitrogens with zero attached hydrogens (tertiary/aromatic N) is 3. The van der Waals surface area contributed by atoms with Gasteiger partial charge >= 0.3 is 5.97 Å². The van der Waals surface area contributed by atoms with E-state index >= 15 is 0 Å². The van der Waals surface area contributed by atoms with Gasteiger partial charge in [0.1, 0.15) is 17.2 Å². The molecule has 0 radical (unpaired) electrons. The molecule has 0 spiro atoms. The van der Waals surface area contributed by atoms with Crippen LogP contribution in [0.15, 0.2) is 18.2 Å². The molecule has 0 unspecified atom stereocenters. The predicted molar refractivity (Wildman–Crippen MR) is 77.5 cm³/mol. The number of benzene rings is 1. The third kappa shape index (κ3) is 3.31. The zero-order valence-electron chi connectivity index (χ0n) is 12.7. The van der Waals surface area contributed by atoms with Crippen molar-refractivity contribution in [2.24, 2.45) is 0 Å². The fraction of sp³-hybridized carbons (Fsp3) is 0.357. The number of carboxylic acids is 1. The van der Waals surface area contributed by atoms with Crippen molar-refractivity contribution >= 4 is 5.97 Å². The molecular formula is C14H19N3O4. The molecule has 21 heavy (non-hydrogen) atoms. The minimum atomic E-state index is -1.11. The van der Waals surface area contributed by atoms with Crippen molar-refractivity contribution in [1.29, 1.82) is 0 Å². The zero-order valence-corrected chi connectivity index (χ0v) is 12.7. The van der Waals surface area contributed by atoms with Gasteiger partial charge in [-0.2, -0.15) is 0 Å². The molecule has 0 aliphatic rings. The average Bonchev–Trinajstić information content (AvgIpc) is 2.90. The van der Waals surface area contributed by atoms with Crippen LogP contribution >= 0.6 is 0 Å². The molecule has 0 amide bonds. The monoisotopic (exact) mass is 293 g/mol. The molecule has 0 fully saturated rings. The Morgan fingerprint density at radius 2 is 1.90 bits per heavy atom. The first-order valence-corrected chi connectivity index (χ1v) is 6.46. The van der Waals surface area contributed by atoms with Crippen LogP contribution in [0.2, 0.25) is 0 Å². The van der Waals surface area contributed by atoms with Crippen molar-refractivity contribution in [1.82, 2.24) is 15.0 Å². The Kier molecular flexibility index (Phi) is 5.71. The molecule has 1 N–H and O–H groups in total. The molecule has 0 aliphatic carbocycles. The molecule has 0 bridgehead atoms. The van der Waals surface area contributed by atoms with Crippen molar-refractivity contribution in [3.63, 3.8) is 0 Å². The number of carbonyl (C=O) groups is 1. The van der Waals surface area contributed by atoms with Gasteiger partial charge < -0.3 is 14.6 Å². The molecule has 114 valence electrons. The van der Waals surface area contributed by atoms with Gasteiger partial charge in [0.15, 0.2) is 5.69 Å². The number of aromatic nitrogens is 3. The van der Waals surface area contributed by atoms with Crippen molar-refractivity contribution in [2.45, 2.75) is 20.8 Å². The number of aromatic carboxylic acids is 1. The third-order valence-electron chi connectivity index (χ3n) is 2.71. The van der Waals surface area contributed by atoms with Crippen molar-refractivity contribution in [3.8, 4) is 17.2 Å². The lowest BCUT2D eigenvalue weighted by Crippen LogP contribution is -2.04. The lowest BCUT2D eigenvalue weighted by atomic mass is 10.2. The Morgan fingerprint density at radius 3 is 2.38 bits per heavy atom. The topological polar surface area (TPSA) is 86.5 Å². The summed E-state index contributed by atoms with van der Waals surface area (Å²) in [6.07, 6.45) is 0. The van der Waals surface area contributed by atoms with Crippen LogP contribution in [0.1, 0.15) is 30.0 Å². The first-order valence-electron chi connectivity index (χ1n) is 6.46. The van der Waals surface area contributed by atoms with E-state index in [1.807, 2.05) is 13.8 Å². The van der Waals surface area contributed by atoms with Gasteiger partial charge in [0.05, 0.1) is 19.9 Å². The highest BCUT2D eigenvalue weighted by atomic mass is 16.5. The summed E-state index contributed by atoms with van der Waals surface area (Å²) < 4.78 is 11.8. The predicted octanol–water partition coefficient (Wildman–Crippen LogP) is 2.32. The number of carboxylic acid groups (broad SMARTS) is 1. The summed E-state index contributed by atoms with van der Waals surface area (Å²) in [7, 11) is 3.07. The Balaban J connectivity index is 0.00000106. The molecule has 7 heteroatoms. The lowest BCUT2D eigenvalue weighted by Gasteiger charge is -2.10. The summed E-state index contributed by atoms with van der Waals surface area (Å²) in [4.78, 5) is 11.0. The van der Waals surface area contributed by atoms with Gasteiger partial charge in [-0.1, -0.05) is 19.1 Å². The quantitative estimate of drug-likeness (QED) is 0.931. The number of hydrogen-bond donors (Lipinski definition) is 1. The molecule has 1 heterocycles. The molecule has 2 aromatic rings. The van der Waals surface area contributed by atoms with E-state index in [2.05, 4.69) is 10.3 Å². The van der Waals surface area contributed by atoms with Crippen LogP contribution in [0, 0.1) is 6.92 Å². The number of methoxy groups -OCH3 is 2. The van der Waals surface area contributed by atoms with Crippen LogP contribution in [0.5, 0.6) is 11.5 Å². The summed E-state index contributed by atoms with van der Waals surface area (Å²) in [5, 5.41) is 16.4. The molecule has 0 aliphatic heterocycles. The van der Waals surface area contributed by atoms with Crippen LogP contribution in [-0.2, 0) is 0 Å². The fourth-order valence-corrected chi connectivity index (χ4v) is 1.72. The molecule has 1 aromatic heterocycles. The number of ether oxygens (including phenoxy) is 2. The van der Waals surface area contributed by atoms with Gasteiger partial charge in [-0.15, -0.1) is 5.10 Å². The summed E-state index contributed by atoms with van der Waals surface area (Å²) >= 11 is 0. The summed E-state index contributed by atoms with van der Waals surface area (Å²) in [6, 6.07) is 5.15. The number of hydrogen-bond acceptors (Lipinski definition) is 5. The summed E-state index contributed by atoms with van der Waals surface area (Å²) in [5.74, 6) is 0.0392. The van der Waals surface area contributed by atoms with E-state index in [1.54, 1.807) is 32.2 Å². The Bertz CT molecular complexity index is 623. The second-order valence-electron chi connectivity index (χ2n) is 3.78. The Labute approximate surface area is 123 Å². The highest BCUT2D eigenvalue weighted by Gasteiger charge is 2.18. The Hall–Kier alpha value is -2.57. The van der Waals surface area contributed by atoms with E-state index in [0.717, 1.165) is 0 Å². The Morgan fingerprint density at radius 1 is 1.24 bits per heavy atom. The van der Waals surface area contributed by atoms with Gasteiger partial charge in [-0.05, 0) is 19.1 Å². The minimum absolute atomic E-state index is 0.0853. The second kappa shape index (κ2) is 7.28. The molecular weight excluding hydrogens is 274 g/mol. The van der Waals surface area contributed by atoms with Crippen LogP contribution < -0.4 is 9.47 Å². The summed E-state index contributed by atoms with van der Waals surface area (Å²) in [5.41, 5.74) is 0.939. The van der Waals surface area contributed by atoms with Crippen LogP contribution in [0.25, 0.3) is 5.69 Å². The van der Waals surface area contributed by atoms with Crippen molar-refractivity contribution < 1.29 is 19.4 Å². The average molecular weight is 293 g/mol. The van der Waals surface area contributed by atoms with Crippen molar-refractivity contribution in [3.05, 3.63) is 29.6 Å². The SMILES string of the molecule is CC.COc1ccc(-n2nnc(C(=O)O)c2C)c(OC)c1. The maximum Gasteiger partial charge on any atom is 0.358 e. The lowest BCUT2D eigenvalue weighted by molar-refractivity contribution is 0.0689. The standard InChI is InChI=1S/C12H13N3O4.C2H6/c1-7-11(12(16)17)13-14-15(7)9-5-4-8(18-2)6-10(9)19-3;1-2/h4-6H,1-3H3,(H,16,17);1-2H3. The van der Waals surface area contributed by atoms with Gasteiger partial charge in [0.2, 0.25) is 0 Å². The molecule has 2 rings (SSSR count). The molecule has 0 saturated heterocycles. The highest BCUT2D eigenvalue weighted by Crippen LogP contribution is 2.28. The van der Waals surface area contributed by atoms with Gasteiger partial charge in [0, 0.05) is 6.07 Å². The highest BCUT2D eigenvalue weighted by molar-refractivity contribution is 5.86. The van der Waals surface area contributed by atoms with E-state index in [0.29, 0.717) is 22.9 Å². The summed E-state index contributed by atoms with van der Waals surface area (Å²) in [6.45, 7) is 5.63. The van der Waals surface area contributed by atoms with Crippen molar-refractivity contribution in [2.75, 3.05) is 14.2 Å². The van der Waals surface area contributed by atoms with Gasteiger partial charge in [0.25, 0.3) is 0 Å². The van der Waals surface area contributed by atoms with Crippen LogP contribution in [-0.4, -0.2) is 40.3 Å². The second-order valence-corrected chi connectivity index (χ2v) is 3.78. The first-order chi connectivity index (χ1) is 10.1. The molecule has 0 atom stereocenters. The molecule has 7 nitrogen and oxygen atoms in total. The largest absolute Gasteiger partial charge is 0.497 e. The van der Waals surface area contributed by atoms with Gasteiger partial charge in [-0.25, -0.2) is 9.48 Å². The third-order valence-corrected chi connectivity index (χ3v) is 2.71. The number of rotatable bonds is 4. The van der Waals surface area contributed by atoms with Crippen LogP contribution in [0.3, 0.4) is 0 Å².